The van der Waals surface area contributed by atoms with E-state index in [1.54, 1.807) is 0 Å². The van der Waals surface area contributed by atoms with Crippen LogP contribution in [0.25, 0.3) is 0 Å². The molecule has 0 aliphatic heterocycles. The third-order valence-electron chi connectivity index (χ3n) is 3.53. The SMILES string of the molecule is CCC(C)N(C)CCNC(=O)NC(=O)CC(C)(C)C(=O)O. The van der Waals surface area contributed by atoms with E-state index in [-0.39, 0.29) is 6.42 Å². The fourth-order valence-electron chi connectivity index (χ4n) is 1.57. The van der Waals surface area contributed by atoms with Crippen LogP contribution in [0.3, 0.4) is 0 Å². The number of likely N-dealkylation sites (N-methyl/N-ethyl adjacent to an activating group) is 1. The molecule has 0 bridgehead atoms. The third-order valence-corrected chi connectivity index (χ3v) is 3.53. The molecule has 0 rings (SSSR count). The molecule has 0 saturated carbocycles. The number of nitrogens with zero attached hydrogens (tertiary/aromatic N) is 1. The van der Waals surface area contributed by atoms with E-state index in [0.717, 1.165) is 6.42 Å². The van der Waals surface area contributed by atoms with Crippen molar-refractivity contribution in [2.45, 2.75) is 46.6 Å². The van der Waals surface area contributed by atoms with E-state index in [2.05, 4.69) is 29.4 Å². The number of imide groups is 1. The number of rotatable bonds is 8. The van der Waals surface area contributed by atoms with Gasteiger partial charge < -0.3 is 15.3 Å². The fourth-order valence-corrected chi connectivity index (χ4v) is 1.57. The van der Waals surface area contributed by atoms with Crippen LogP contribution in [-0.4, -0.2) is 54.1 Å². The molecular formula is C14H27N3O4. The van der Waals surface area contributed by atoms with E-state index in [9.17, 15) is 14.4 Å². The second-order valence-corrected chi connectivity index (χ2v) is 5.91. The van der Waals surface area contributed by atoms with E-state index in [1.807, 2.05) is 7.05 Å². The molecule has 7 heteroatoms. The molecule has 0 aliphatic carbocycles. The van der Waals surface area contributed by atoms with E-state index in [4.69, 9.17) is 5.11 Å². The lowest BCUT2D eigenvalue weighted by Crippen LogP contribution is -2.44. The summed E-state index contributed by atoms with van der Waals surface area (Å²) in [7, 11) is 1.97. The zero-order valence-electron chi connectivity index (χ0n) is 13.5. The standard InChI is InChI=1S/C14H27N3O4/c1-6-10(2)17(5)8-7-15-13(21)16-11(18)9-14(3,4)12(19)20/h10H,6-9H2,1-5H3,(H,19,20)(H2,15,16,18,21). The predicted octanol–water partition coefficient (Wildman–Crippen LogP) is 1.04. The molecule has 3 amide bonds. The largest absolute Gasteiger partial charge is 0.481 e. The molecule has 0 aliphatic rings. The molecule has 7 nitrogen and oxygen atoms in total. The molecule has 0 fully saturated rings. The van der Waals surface area contributed by atoms with Crippen LogP contribution in [0.4, 0.5) is 4.79 Å². The van der Waals surface area contributed by atoms with Gasteiger partial charge in [-0.15, -0.1) is 0 Å². The maximum Gasteiger partial charge on any atom is 0.321 e. The van der Waals surface area contributed by atoms with Crippen molar-refractivity contribution in [3.05, 3.63) is 0 Å². The Hall–Kier alpha value is -1.63. The Labute approximate surface area is 126 Å². The Kier molecular flexibility index (Phi) is 7.94. The smallest absolute Gasteiger partial charge is 0.321 e. The summed E-state index contributed by atoms with van der Waals surface area (Å²) in [6.45, 7) is 8.16. The molecule has 0 radical (unpaired) electrons. The van der Waals surface area contributed by atoms with E-state index < -0.39 is 23.3 Å². The lowest BCUT2D eigenvalue weighted by molar-refractivity contribution is -0.149. The number of amides is 3. The highest BCUT2D eigenvalue weighted by Crippen LogP contribution is 2.19. The number of aliphatic carboxylic acids is 1. The van der Waals surface area contributed by atoms with Crippen LogP contribution in [0.15, 0.2) is 0 Å². The van der Waals surface area contributed by atoms with Gasteiger partial charge in [-0.2, -0.15) is 0 Å². The molecule has 0 aromatic heterocycles. The van der Waals surface area contributed by atoms with Crippen molar-refractivity contribution in [3.8, 4) is 0 Å². The molecule has 0 saturated heterocycles. The highest BCUT2D eigenvalue weighted by molar-refractivity contribution is 5.96. The summed E-state index contributed by atoms with van der Waals surface area (Å²) in [5.74, 6) is -1.68. The van der Waals surface area contributed by atoms with Crippen LogP contribution in [0.5, 0.6) is 0 Å². The molecule has 122 valence electrons. The van der Waals surface area contributed by atoms with Gasteiger partial charge in [0.25, 0.3) is 0 Å². The number of carbonyl (C=O) groups is 3. The number of carbonyl (C=O) groups excluding carboxylic acids is 2. The maximum absolute atomic E-state index is 11.6. The Morgan fingerprint density at radius 1 is 1.29 bits per heavy atom. The van der Waals surface area contributed by atoms with Gasteiger partial charge in [-0.1, -0.05) is 6.92 Å². The lowest BCUT2D eigenvalue weighted by atomic mass is 9.89. The van der Waals surface area contributed by atoms with Gasteiger partial charge >= 0.3 is 12.0 Å². The fraction of sp³-hybridized carbons (Fsp3) is 0.786. The van der Waals surface area contributed by atoms with Crippen molar-refractivity contribution in [1.82, 2.24) is 15.5 Å². The average Bonchev–Trinajstić information content (AvgIpc) is 2.36. The number of hydrogen-bond acceptors (Lipinski definition) is 4. The minimum atomic E-state index is -1.19. The minimum absolute atomic E-state index is 0.247. The summed E-state index contributed by atoms with van der Waals surface area (Å²) in [5, 5.41) is 13.6. The third kappa shape index (κ3) is 7.65. The van der Waals surface area contributed by atoms with E-state index in [1.165, 1.54) is 13.8 Å². The molecule has 0 aromatic carbocycles. The second kappa shape index (κ2) is 8.61. The summed E-state index contributed by atoms with van der Waals surface area (Å²) >= 11 is 0. The molecular weight excluding hydrogens is 274 g/mol. The van der Waals surface area contributed by atoms with Gasteiger partial charge in [-0.05, 0) is 34.2 Å². The Morgan fingerprint density at radius 3 is 2.33 bits per heavy atom. The van der Waals surface area contributed by atoms with Gasteiger partial charge in [0.2, 0.25) is 5.91 Å². The van der Waals surface area contributed by atoms with Crippen LogP contribution in [0, 0.1) is 5.41 Å². The van der Waals surface area contributed by atoms with Crippen LogP contribution < -0.4 is 10.6 Å². The maximum atomic E-state index is 11.6. The second-order valence-electron chi connectivity index (χ2n) is 5.91. The summed E-state index contributed by atoms with van der Waals surface area (Å²) in [6, 6.07) is -0.174. The molecule has 1 atom stereocenters. The number of hydrogen-bond donors (Lipinski definition) is 3. The van der Waals surface area contributed by atoms with Gasteiger partial charge in [0.1, 0.15) is 0 Å². The zero-order chi connectivity index (χ0) is 16.6. The number of carboxylic acids is 1. The predicted molar refractivity (Wildman–Crippen MR) is 80.0 cm³/mol. The molecule has 0 spiro atoms. The summed E-state index contributed by atoms with van der Waals surface area (Å²) in [6.07, 6.45) is 0.772. The van der Waals surface area contributed by atoms with Gasteiger partial charge in [0.15, 0.2) is 0 Å². The van der Waals surface area contributed by atoms with Crippen molar-refractivity contribution < 1.29 is 19.5 Å². The van der Waals surface area contributed by atoms with Crippen molar-refractivity contribution in [2.24, 2.45) is 5.41 Å². The average molecular weight is 301 g/mol. The Morgan fingerprint density at radius 2 is 1.86 bits per heavy atom. The van der Waals surface area contributed by atoms with E-state index in [0.29, 0.717) is 19.1 Å². The van der Waals surface area contributed by atoms with Crippen LogP contribution in [-0.2, 0) is 9.59 Å². The van der Waals surface area contributed by atoms with E-state index >= 15 is 0 Å². The van der Waals surface area contributed by atoms with Crippen molar-refractivity contribution in [2.75, 3.05) is 20.1 Å². The normalized spacial score (nSPS) is 12.9. The van der Waals surface area contributed by atoms with Gasteiger partial charge in [0, 0.05) is 25.6 Å². The minimum Gasteiger partial charge on any atom is -0.481 e. The topological polar surface area (TPSA) is 98.7 Å². The molecule has 0 heterocycles. The van der Waals surface area contributed by atoms with Crippen molar-refractivity contribution in [3.63, 3.8) is 0 Å². The molecule has 0 aromatic rings. The van der Waals surface area contributed by atoms with Gasteiger partial charge in [0.05, 0.1) is 5.41 Å². The van der Waals surface area contributed by atoms with Crippen LogP contribution in [0.1, 0.15) is 40.5 Å². The molecule has 21 heavy (non-hydrogen) atoms. The zero-order valence-corrected chi connectivity index (χ0v) is 13.5. The first-order valence-corrected chi connectivity index (χ1v) is 7.11. The first-order chi connectivity index (χ1) is 9.60. The highest BCUT2D eigenvalue weighted by atomic mass is 16.4. The number of urea groups is 1. The quantitative estimate of drug-likeness (QED) is 0.622. The number of nitrogens with one attached hydrogen (secondary N) is 2. The Balaban J connectivity index is 4.05. The Bertz CT molecular complexity index is 382. The van der Waals surface area contributed by atoms with Crippen molar-refractivity contribution in [1.29, 1.82) is 0 Å². The van der Waals surface area contributed by atoms with Crippen LogP contribution in [0.2, 0.25) is 0 Å². The first-order valence-electron chi connectivity index (χ1n) is 7.11. The van der Waals surface area contributed by atoms with Crippen molar-refractivity contribution >= 4 is 17.9 Å². The summed E-state index contributed by atoms with van der Waals surface area (Å²) in [5.41, 5.74) is -1.19. The lowest BCUT2D eigenvalue weighted by Gasteiger charge is -2.23. The molecule has 1 unspecified atom stereocenters. The monoisotopic (exact) mass is 301 g/mol. The van der Waals surface area contributed by atoms with Crippen LogP contribution >= 0.6 is 0 Å². The number of carboxylic acid groups (broad SMARTS) is 1. The highest BCUT2D eigenvalue weighted by Gasteiger charge is 2.30. The first kappa shape index (κ1) is 19.4. The summed E-state index contributed by atoms with van der Waals surface area (Å²) < 4.78 is 0. The summed E-state index contributed by atoms with van der Waals surface area (Å²) in [4.78, 5) is 36.1. The van der Waals surface area contributed by atoms with Gasteiger partial charge in [-0.3, -0.25) is 14.9 Å². The molecule has 3 N–H and O–H groups in total. The van der Waals surface area contributed by atoms with Gasteiger partial charge in [-0.25, -0.2) is 4.79 Å².